The van der Waals surface area contributed by atoms with Crippen molar-refractivity contribution < 1.29 is 19.1 Å². The van der Waals surface area contributed by atoms with Crippen LogP contribution in [0.25, 0.3) is 0 Å². The number of carbonyl (C=O) groups is 2. The largest absolute Gasteiger partial charge is 0.486 e. The van der Waals surface area contributed by atoms with E-state index in [9.17, 15) is 9.59 Å². The van der Waals surface area contributed by atoms with Crippen LogP contribution in [0, 0.1) is 0 Å². The second-order valence-corrected chi connectivity index (χ2v) is 6.79. The van der Waals surface area contributed by atoms with Crippen molar-refractivity contribution >= 4 is 23.6 Å². The summed E-state index contributed by atoms with van der Waals surface area (Å²) in [6.07, 6.45) is 0. The van der Waals surface area contributed by atoms with Crippen LogP contribution < -0.4 is 20.3 Å². The van der Waals surface area contributed by atoms with Crippen molar-refractivity contribution in [1.82, 2.24) is 10.9 Å². The first kappa shape index (κ1) is 17.2. The van der Waals surface area contributed by atoms with E-state index in [2.05, 4.69) is 10.9 Å². The lowest BCUT2D eigenvalue weighted by Gasteiger charge is -2.19. The van der Waals surface area contributed by atoms with Gasteiger partial charge in [-0.25, -0.2) is 0 Å². The molecule has 130 valence electrons. The molecule has 0 saturated heterocycles. The predicted molar refractivity (Wildman–Crippen MR) is 94.8 cm³/mol. The van der Waals surface area contributed by atoms with Crippen LogP contribution in [0.15, 0.2) is 53.4 Å². The summed E-state index contributed by atoms with van der Waals surface area (Å²) < 4.78 is 11.0. The highest BCUT2D eigenvalue weighted by Crippen LogP contribution is 2.35. The highest BCUT2D eigenvalue weighted by Gasteiger charge is 2.18. The maximum Gasteiger partial charge on any atom is 0.269 e. The summed E-state index contributed by atoms with van der Waals surface area (Å²) in [5.41, 5.74) is 5.35. The van der Waals surface area contributed by atoms with Crippen LogP contribution in [0.5, 0.6) is 11.5 Å². The van der Waals surface area contributed by atoms with Gasteiger partial charge in [-0.15, -0.1) is 11.8 Å². The number of fused-ring (bicyclic) bond motifs is 1. The molecular formula is C18H18N2O4S. The standard InChI is InChI=1S/C18H18N2O4S/c1-12(17(21)19-20-18(22)13-5-3-2-4-6-13)25-14-7-8-15-16(11-14)24-10-9-23-15/h2-8,11-12H,9-10H2,1H3,(H,19,21)(H,20,22)/t12-/m0/s1. The van der Waals surface area contributed by atoms with Gasteiger partial charge in [0.15, 0.2) is 11.5 Å². The number of carbonyl (C=O) groups excluding carboxylic acids is 2. The molecule has 2 amide bonds. The number of hydrazine groups is 1. The van der Waals surface area contributed by atoms with Crippen LogP contribution in [0.1, 0.15) is 17.3 Å². The number of ether oxygens (including phenoxy) is 2. The minimum atomic E-state index is -0.390. The molecule has 1 aliphatic rings. The molecule has 7 heteroatoms. The number of hydrogen-bond acceptors (Lipinski definition) is 5. The van der Waals surface area contributed by atoms with Crippen molar-refractivity contribution in [2.75, 3.05) is 13.2 Å². The summed E-state index contributed by atoms with van der Waals surface area (Å²) in [5.74, 6) is 0.749. The Kier molecular flexibility index (Phi) is 5.45. The number of benzene rings is 2. The van der Waals surface area contributed by atoms with Crippen LogP contribution in [-0.4, -0.2) is 30.3 Å². The lowest BCUT2D eigenvalue weighted by atomic mass is 10.2. The average Bonchev–Trinajstić information content (AvgIpc) is 2.66. The SMILES string of the molecule is C[C@H](Sc1ccc2c(c1)OCCO2)C(=O)NNC(=O)c1ccccc1. The van der Waals surface area contributed by atoms with E-state index in [0.29, 0.717) is 30.3 Å². The summed E-state index contributed by atoms with van der Waals surface area (Å²) in [6.45, 7) is 2.83. The Hall–Kier alpha value is -2.67. The molecule has 0 fully saturated rings. The minimum absolute atomic E-state index is 0.288. The van der Waals surface area contributed by atoms with Crippen molar-refractivity contribution in [3.63, 3.8) is 0 Å². The summed E-state index contributed by atoms with van der Waals surface area (Å²) in [4.78, 5) is 25.0. The van der Waals surface area contributed by atoms with E-state index in [0.717, 1.165) is 4.90 Å². The quantitative estimate of drug-likeness (QED) is 0.648. The fraction of sp³-hybridized carbons (Fsp3) is 0.222. The molecule has 0 aromatic heterocycles. The Bertz CT molecular complexity index is 767. The lowest BCUT2D eigenvalue weighted by Crippen LogP contribution is -2.44. The third-order valence-corrected chi connectivity index (χ3v) is 4.62. The molecule has 0 unspecified atom stereocenters. The molecule has 0 saturated carbocycles. The number of thioether (sulfide) groups is 1. The van der Waals surface area contributed by atoms with Crippen LogP contribution in [0.2, 0.25) is 0 Å². The van der Waals surface area contributed by atoms with Gasteiger partial charge in [-0.1, -0.05) is 18.2 Å². The molecule has 1 atom stereocenters. The zero-order valence-corrected chi connectivity index (χ0v) is 14.5. The molecule has 0 radical (unpaired) electrons. The summed E-state index contributed by atoms with van der Waals surface area (Å²) >= 11 is 1.37. The maximum atomic E-state index is 12.2. The van der Waals surface area contributed by atoms with Crippen molar-refractivity contribution in [1.29, 1.82) is 0 Å². The van der Waals surface area contributed by atoms with E-state index in [1.54, 1.807) is 31.2 Å². The lowest BCUT2D eigenvalue weighted by molar-refractivity contribution is -0.121. The molecule has 0 aliphatic carbocycles. The van der Waals surface area contributed by atoms with Crippen molar-refractivity contribution in [2.45, 2.75) is 17.1 Å². The third-order valence-electron chi connectivity index (χ3n) is 3.53. The van der Waals surface area contributed by atoms with Gasteiger partial charge < -0.3 is 9.47 Å². The molecule has 0 spiro atoms. The molecular weight excluding hydrogens is 340 g/mol. The van der Waals surface area contributed by atoms with Crippen molar-refractivity contribution in [3.05, 3.63) is 54.1 Å². The van der Waals surface area contributed by atoms with Crippen LogP contribution in [-0.2, 0) is 4.79 Å². The zero-order valence-electron chi connectivity index (χ0n) is 13.7. The first-order valence-corrected chi connectivity index (χ1v) is 8.73. The third kappa shape index (κ3) is 4.45. The van der Waals surface area contributed by atoms with Gasteiger partial charge in [0.1, 0.15) is 13.2 Å². The van der Waals surface area contributed by atoms with E-state index < -0.39 is 5.25 Å². The number of amides is 2. The Balaban J connectivity index is 1.53. The number of hydrogen-bond donors (Lipinski definition) is 2. The molecule has 1 heterocycles. The van der Waals surface area contributed by atoms with E-state index in [4.69, 9.17) is 9.47 Å². The van der Waals surface area contributed by atoms with E-state index in [1.165, 1.54) is 11.8 Å². The molecule has 2 aromatic rings. The zero-order chi connectivity index (χ0) is 17.6. The van der Waals surface area contributed by atoms with Gasteiger partial charge in [0.05, 0.1) is 5.25 Å². The van der Waals surface area contributed by atoms with E-state index in [1.807, 2.05) is 24.3 Å². The highest BCUT2D eigenvalue weighted by atomic mass is 32.2. The van der Waals surface area contributed by atoms with Gasteiger partial charge in [-0.2, -0.15) is 0 Å². The van der Waals surface area contributed by atoms with Gasteiger partial charge in [0.2, 0.25) is 0 Å². The monoisotopic (exact) mass is 358 g/mol. The second-order valence-electron chi connectivity index (χ2n) is 5.37. The van der Waals surface area contributed by atoms with Crippen molar-refractivity contribution in [2.24, 2.45) is 0 Å². The Morgan fingerprint density at radius 3 is 2.48 bits per heavy atom. The van der Waals surface area contributed by atoms with Gasteiger partial charge in [0.25, 0.3) is 11.8 Å². The molecule has 2 N–H and O–H groups in total. The topological polar surface area (TPSA) is 76.7 Å². The first-order valence-electron chi connectivity index (χ1n) is 7.85. The average molecular weight is 358 g/mol. The smallest absolute Gasteiger partial charge is 0.269 e. The molecule has 2 aromatic carbocycles. The molecule has 3 rings (SSSR count). The summed E-state index contributed by atoms with van der Waals surface area (Å²) in [6, 6.07) is 14.3. The Labute approximate surface area is 149 Å². The van der Waals surface area contributed by atoms with E-state index in [-0.39, 0.29) is 11.8 Å². The predicted octanol–water partition coefficient (Wildman–Crippen LogP) is 2.40. The first-order chi connectivity index (χ1) is 12.1. The molecule has 6 nitrogen and oxygen atoms in total. The Morgan fingerprint density at radius 1 is 1.00 bits per heavy atom. The Morgan fingerprint density at radius 2 is 1.72 bits per heavy atom. The molecule has 1 aliphatic heterocycles. The van der Waals surface area contributed by atoms with E-state index >= 15 is 0 Å². The van der Waals surface area contributed by atoms with Gasteiger partial charge >= 0.3 is 0 Å². The molecule has 0 bridgehead atoms. The van der Waals surface area contributed by atoms with Crippen molar-refractivity contribution in [3.8, 4) is 11.5 Å². The minimum Gasteiger partial charge on any atom is -0.486 e. The number of nitrogens with one attached hydrogen (secondary N) is 2. The molecule has 25 heavy (non-hydrogen) atoms. The van der Waals surface area contributed by atoms with Gasteiger partial charge in [-0.3, -0.25) is 20.4 Å². The van der Waals surface area contributed by atoms with Crippen LogP contribution >= 0.6 is 11.8 Å². The summed E-state index contributed by atoms with van der Waals surface area (Å²) in [7, 11) is 0. The van der Waals surface area contributed by atoms with Crippen LogP contribution in [0.3, 0.4) is 0 Å². The number of rotatable bonds is 4. The summed E-state index contributed by atoms with van der Waals surface area (Å²) in [5, 5.41) is -0.390. The second kappa shape index (κ2) is 7.94. The fourth-order valence-corrected chi connectivity index (χ4v) is 3.13. The van der Waals surface area contributed by atoms with Gasteiger partial charge in [-0.05, 0) is 37.3 Å². The normalized spacial score (nSPS) is 13.6. The maximum absolute atomic E-state index is 12.2. The van der Waals surface area contributed by atoms with Crippen LogP contribution in [0.4, 0.5) is 0 Å². The van der Waals surface area contributed by atoms with Gasteiger partial charge in [0, 0.05) is 10.5 Å². The highest BCUT2D eigenvalue weighted by molar-refractivity contribution is 8.00. The fourth-order valence-electron chi connectivity index (χ4n) is 2.24.